The highest BCUT2D eigenvalue weighted by Gasteiger charge is 2.44. The summed E-state index contributed by atoms with van der Waals surface area (Å²) in [5.74, 6) is -0.245. The fourth-order valence-corrected chi connectivity index (χ4v) is 4.89. The summed E-state index contributed by atoms with van der Waals surface area (Å²) in [6.45, 7) is 4.48. The molecular formula is C21H24N2O6S. The highest BCUT2D eigenvalue weighted by molar-refractivity contribution is 7.89. The van der Waals surface area contributed by atoms with Crippen LogP contribution in [0.1, 0.15) is 26.7 Å². The number of carbonyl (C=O) groups excluding carboxylic acids is 2. The Kier molecular flexibility index (Phi) is 6.61. The van der Waals surface area contributed by atoms with Gasteiger partial charge in [-0.25, -0.2) is 12.7 Å². The third-order valence-electron chi connectivity index (χ3n) is 4.58. The molecule has 1 atom stereocenters. The average Bonchev–Trinajstić information content (AvgIpc) is 3.13. The zero-order chi connectivity index (χ0) is 21.7. The van der Waals surface area contributed by atoms with Gasteiger partial charge >= 0.3 is 0 Å². The van der Waals surface area contributed by atoms with E-state index in [0.717, 1.165) is 0 Å². The topological polar surface area (TPSA) is 102 Å². The number of rotatable bonds is 8. The number of carbonyl (C=O) groups is 2. The van der Waals surface area contributed by atoms with E-state index >= 15 is 0 Å². The Balaban J connectivity index is 1.89. The van der Waals surface area contributed by atoms with Gasteiger partial charge < -0.3 is 14.8 Å². The summed E-state index contributed by atoms with van der Waals surface area (Å²) in [6.07, 6.45) is 0.0767. The molecule has 1 saturated heterocycles. The normalized spacial score (nSPS) is 16.4. The van der Waals surface area contributed by atoms with Crippen molar-refractivity contribution in [1.29, 1.82) is 0 Å². The minimum absolute atomic E-state index is 0.0263. The van der Waals surface area contributed by atoms with Gasteiger partial charge in [-0.3, -0.25) is 9.59 Å². The standard InChI is InChI=1S/C21H24N2O6S/c1-3-28-15-10-12-19(29-4-2)17(14-15)22-21(25)18-11-13-20(24)23(18)30(26,27)16-8-6-5-7-9-16/h5-10,12,14,18H,3-4,11,13H2,1-2H3,(H,22,25)/t18-/m1/s1. The van der Waals surface area contributed by atoms with Crippen molar-refractivity contribution in [1.82, 2.24) is 4.31 Å². The van der Waals surface area contributed by atoms with Gasteiger partial charge in [-0.2, -0.15) is 0 Å². The van der Waals surface area contributed by atoms with Crippen molar-refractivity contribution in [2.24, 2.45) is 0 Å². The Labute approximate surface area is 175 Å². The zero-order valence-corrected chi connectivity index (χ0v) is 17.6. The number of nitrogens with one attached hydrogen (secondary N) is 1. The van der Waals surface area contributed by atoms with Crippen LogP contribution in [0.15, 0.2) is 53.4 Å². The highest BCUT2D eigenvalue weighted by atomic mass is 32.2. The minimum atomic E-state index is -4.14. The lowest BCUT2D eigenvalue weighted by Gasteiger charge is -2.24. The van der Waals surface area contributed by atoms with Gasteiger partial charge in [0, 0.05) is 12.5 Å². The van der Waals surface area contributed by atoms with Crippen LogP contribution in [0, 0.1) is 0 Å². The van der Waals surface area contributed by atoms with Crippen molar-refractivity contribution in [3.8, 4) is 11.5 Å². The van der Waals surface area contributed by atoms with Gasteiger partial charge in [-0.1, -0.05) is 18.2 Å². The van der Waals surface area contributed by atoms with Crippen LogP contribution in [0.2, 0.25) is 0 Å². The first-order chi connectivity index (χ1) is 14.4. The molecule has 1 aliphatic rings. The number of hydrogen-bond donors (Lipinski definition) is 1. The summed E-state index contributed by atoms with van der Waals surface area (Å²) in [7, 11) is -4.14. The number of ether oxygens (including phenoxy) is 2. The molecule has 2 aromatic carbocycles. The lowest BCUT2D eigenvalue weighted by Crippen LogP contribution is -2.45. The van der Waals surface area contributed by atoms with Crippen molar-refractivity contribution in [3.05, 3.63) is 48.5 Å². The van der Waals surface area contributed by atoms with Crippen LogP contribution >= 0.6 is 0 Å². The minimum Gasteiger partial charge on any atom is -0.494 e. The molecule has 30 heavy (non-hydrogen) atoms. The van der Waals surface area contributed by atoms with Gasteiger partial charge in [0.05, 0.1) is 23.8 Å². The molecule has 1 aliphatic heterocycles. The van der Waals surface area contributed by atoms with E-state index in [1.807, 2.05) is 13.8 Å². The van der Waals surface area contributed by atoms with Crippen molar-refractivity contribution < 1.29 is 27.5 Å². The Morgan fingerprint density at radius 1 is 1.10 bits per heavy atom. The number of benzene rings is 2. The summed E-state index contributed by atoms with van der Waals surface area (Å²) < 4.78 is 37.7. The van der Waals surface area contributed by atoms with Gasteiger partial charge in [0.25, 0.3) is 10.0 Å². The first-order valence-electron chi connectivity index (χ1n) is 9.71. The quantitative estimate of drug-likeness (QED) is 0.688. The van der Waals surface area contributed by atoms with Crippen molar-refractivity contribution in [2.75, 3.05) is 18.5 Å². The largest absolute Gasteiger partial charge is 0.494 e. The Morgan fingerprint density at radius 2 is 1.80 bits per heavy atom. The maximum atomic E-state index is 13.0. The lowest BCUT2D eigenvalue weighted by atomic mass is 10.2. The van der Waals surface area contributed by atoms with Crippen LogP contribution < -0.4 is 14.8 Å². The number of hydrogen-bond acceptors (Lipinski definition) is 6. The lowest BCUT2D eigenvalue weighted by molar-refractivity contribution is -0.128. The highest BCUT2D eigenvalue weighted by Crippen LogP contribution is 2.32. The number of sulfonamides is 1. The summed E-state index contributed by atoms with van der Waals surface area (Å²) in [5, 5.41) is 2.71. The van der Waals surface area contributed by atoms with Crippen molar-refractivity contribution >= 4 is 27.5 Å². The fourth-order valence-electron chi connectivity index (χ4n) is 3.27. The molecule has 2 amide bonds. The molecule has 2 aromatic rings. The second kappa shape index (κ2) is 9.17. The van der Waals surface area contributed by atoms with Crippen LogP contribution in [0.25, 0.3) is 0 Å². The molecule has 160 valence electrons. The predicted octanol–water partition coefficient (Wildman–Crippen LogP) is 2.80. The van der Waals surface area contributed by atoms with Gasteiger partial charge in [0.15, 0.2) is 0 Å². The summed E-state index contributed by atoms with van der Waals surface area (Å²) in [5.41, 5.74) is 0.351. The molecule has 8 nitrogen and oxygen atoms in total. The number of nitrogens with zero attached hydrogens (tertiary/aromatic N) is 1. The van der Waals surface area contributed by atoms with Crippen molar-refractivity contribution in [3.63, 3.8) is 0 Å². The molecule has 0 aromatic heterocycles. The molecule has 1 fully saturated rings. The molecule has 9 heteroatoms. The molecule has 0 radical (unpaired) electrons. The summed E-state index contributed by atoms with van der Waals surface area (Å²) >= 11 is 0. The van der Waals surface area contributed by atoms with Gasteiger partial charge in [0.2, 0.25) is 11.8 Å². The van der Waals surface area contributed by atoms with Crippen LogP contribution in [0.3, 0.4) is 0 Å². The summed E-state index contributed by atoms with van der Waals surface area (Å²) in [4.78, 5) is 25.4. The molecule has 3 rings (SSSR count). The molecule has 1 N–H and O–H groups in total. The number of anilines is 1. The van der Waals surface area contributed by atoms with E-state index in [9.17, 15) is 18.0 Å². The van der Waals surface area contributed by atoms with Crippen LogP contribution in [0.4, 0.5) is 5.69 Å². The number of amides is 2. The predicted molar refractivity (Wildman–Crippen MR) is 111 cm³/mol. The molecular weight excluding hydrogens is 408 g/mol. The van der Waals surface area contributed by atoms with Crippen LogP contribution in [-0.2, 0) is 19.6 Å². The first kappa shape index (κ1) is 21.6. The van der Waals surface area contributed by atoms with E-state index in [4.69, 9.17) is 9.47 Å². The Morgan fingerprint density at radius 3 is 2.47 bits per heavy atom. The average molecular weight is 432 g/mol. The first-order valence-corrected chi connectivity index (χ1v) is 11.1. The van der Waals surface area contributed by atoms with E-state index in [2.05, 4.69) is 5.32 Å². The van der Waals surface area contributed by atoms with E-state index in [1.54, 1.807) is 36.4 Å². The molecule has 0 saturated carbocycles. The van der Waals surface area contributed by atoms with Crippen molar-refractivity contribution in [2.45, 2.75) is 37.6 Å². The Hall–Kier alpha value is -3.07. The molecule has 0 bridgehead atoms. The molecule has 1 heterocycles. The second-order valence-corrected chi connectivity index (χ2v) is 8.39. The van der Waals surface area contributed by atoms with Gasteiger partial charge in [-0.15, -0.1) is 0 Å². The fraction of sp³-hybridized carbons (Fsp3) is 0.333. The molecule has 0 aliphatic carbocycles. The molecule has 0 unspecified atom stereocenters. The van der Waals surface area contributed by atoms with Crippen LogP contribution in [-0.4, -0.2) is 43.8 Å². The maximum absolute atomic E-state index is 13.0. The Bertz CT molecular complexity index is 1020. The maximum Gasteiger partial charge on any atom is 0.267 e. The van der Waals surface area contributed by atoms with E-state index in [0.29, 0.717) is 34.7 Å². The van der Waals surface area contributed by atoms with E-state index in [1.165, 1.54) is 12.1 Å². The monoisotopic (exact) mass is 432 g/mol. The summed E-state index contributed by atoms with van der Waals surface area (Å²) in [6, 6.07) is 11.5. The van der Waals surface area contributed by atoms with E-state index in [-0.39, 0.29) is 17.7 Å². The SMILES string of the molecule is CCOc1ccc(OCC)c(NC(=O)[C@H]2CCC(=O)N2S(=O)(=O)c2ccccc2)c1. The third-order valence-corrected chi connectivity index (χ3v) is 6.43. The van der Waals surface area contributed by atoms with Gasteiger partial charge in [0.1, 0.15) is 17.5 Å². The van der Waals surface area contributed by atoms with Crippen LogP contribution in [0.5, 0.6) is 11.5 Å². The third kappa shape index (κ3) is 4.40. The smallest absolute Gasteiger partial charge is 0.267 e. The zero-order valence-electron chi connectivity index (χ0n) is 16.8. The second-order valence-electron chi connectivity index (χ2n) is 6.58. The van der Waals surface area contributed by atoms with Gasteiger partial charge in [-0.05, 0) is 44.5 Å². The molecule has 0 spiro atoms. The van der Waals surface area contributed by atoms with E-state index < -0.39 is 27.9 Å².